The molecule has 1 N–H and O–H groups in total. The van der Waals surface area contributed by atoms with Gasteiger partial charge >= 0.3 is 0 Å². The van der Waals surface area contributed by atoms with Gasteiger partial charge in [0.1, 0.15) is 5.82 Å². The van der Waals surface area contributed by atoms with Crippen molar-refractivity contribution in [2.75, 3.05) is 0 Å². The summed E-state index contributed by atoms with van der Waals surface area (Å²) in [4.78, 5) is 19.9. The zero-order valence-corrected chi connectivity index (χ0v) is 17.9. The van der Waals surface area contributed by atoms with Crippen molar-refractivity contribution < 1.29 is 9.18 Å². The van der Waals surface area contributed by atoms with Gasteiger partial charge in [-0.2, -0.15) is 0 Å². The summed E-state index contributed by atoms with van der Waals surface area (Å²) in [7, 11) is 0. The van der Waals surface area contributed by atoms with E-state index in [9.17, 15) is 9.18 Å². The maximum absolute atomic E-state index is 13.5. The molecule has 1 heterocycles. The number of hydrogen-bond donors (Lipinski definition) is 1. The molecule has 0 bridgehead atoms. The molecule has 5 rings (SSSR count). The van der Waals surface area contributed by atoms with E-state index in [4.69, 9.17) is 4.99 Å². The first-order valence-electron chi connectivity index (χ1n) is 10.7. The van der Waals surface area contributed by atoms with Crippen molar-refractivity contribution >= 4 is 29.1 Å². The van der Waals surface area contributed by atoms with E-state index in [0.29, 0.717) is 5.56 Å². The number of nitrogens with one attached hydrogen (secondary N) is 1. The standard InChI is InChI=1S/C26H23FN2OS/c27-19-13-10-17(11-14-19)25-21-8-4-5-9-23(21)31-24-15-12-18(16-22(24)29-25)26(30)28-20-6-2-1-3-7-20/h4-5,8-16,20H,1-3,6-7H2,(H,28,30). The van der Waals surface area contributed by atoms with E-state index in [0.717, 1.165) is 45.2 Å². The Morgan fingerprint density at radius 2 is 1.71 bits per heavy atom. The summed E-state index contributed by atoms with van der Waals surface area (Å²) >= 11 is 1.64. The van der Waals surface area contributed by atoms with Crippen molar-refractivity contribution in [3.63, 3.8) is 0 Å². The van der Waals surface area contributed by atoms with E-state index < -0.39 is 0 Å². The van der Waals surface area contributed by atoms with Gasteiger partial charge in [0, 0.05) is 32.5 Å². The Labute approximate surface area is 185 Å². The van der Waals surface area contributed by atoms with Crippen LogP contribution in [-0.4, -0.2) is 17.7 Å². The van der Waals surface area contributed by atoms with Crippen LogP contribution in [0.4, 0.5) is 10.1 Å². The fraction of sp³-hybridized carbons (Fsp3) is 0.231. The second kappa shape index (κ2) is 8.67. The molecule has 2 aliphatic rings. The van der Waals surface area contributed by atoms with Crippen LogP contribution >= 0.6 is 11.8 Å². The molecule has 1 amide bonds. The number of rotatable bonds is 3. The third-order valence-corrected chi connectivity index (χ3v) is 7.01. The van der Waals surface area contributed by atoms with E-state index in [1.54, 1.807) is 23.9 Å². The van der Waals surface area contributed by atoms with E-state index in [1.807, 2.05) is 36.4 Å². The first-order chi connectivity index (χ1) is 15.2. The Morgan fingerprint density at radius 3 is 2.52 bits per heavy atom. The van der Waals surface area contributed by atoms with E-state index in [-0.39, 0.29) is 17.8 Å². The molecule has 1 aliphatic heterocycles. The second-order valence-corrected chi connectivity index (χ2v) is 9.14. The lowest BCUT2D eigenvalue weighted by molar-refractivity contribution is 0.0927. The van der Waals surface area contributed by atoms with E-state index in [2.05, 4.69) is 11.4 Å². The molecule has 1 aliphatic carbocycles. The average molecular weight is 431 g/mol. The zero-order valence-electron chi connectivity index (χ0n) is 17.1. The number of carbonyl (C=O) groups is 1. The molecule has 0 spiro atoms. The monoisotopic (exact) mass is 430 g/mol. The van der Waals surface area contributed by atoms with Crippen molar-refractivity contribution in [1.82, 2.24) is 5.32 Å². The van der Waals surface area contributed by atoms with Crippen molar-refractivity contribution in [3.05, 3.63) is 89.2 Å². The average Bonchev–Trinajstić information content (AvgIpc) is 2.96. The molecule has 3 aromatic carbocycles. The number of aliphatic imine (C=N–C) groups is 1. The summed E-state index contributed by atoms with van der Waals surface area (Å²) in [6, 6.07) is 20.5. The molecule has 0 saturated heterocycles. The molecule has 0 unspecified atom stereocenters. The van der Waals surface area contributed by atoms with Gasteiger partial charge in [0.05, 0.1) is 11.4 Å². The number of halogens is 1. The number of amides is 1. The molecule has 1 saturated carbocycles. The van der Waals surface area contributed by atoms with Gasteiger partial charge in [0.25, 0.3) is 5.91 Å². The quantitative estimate of drug-likeness (QED) is 0.402. The highest BCUT2D eigenvalue weighted by atomic mass is 32.2. The van der Waals surface area contributed by atoms with Crippen LogP contribution in [0.2, 0.25) is 0 Å². The van der Waals surface area contributed by atoms with Gasteiger partial charge in [0.2, 0.25) is 0 Å². The highest BCUT2D eigenvalue weighted by Gasteiger charge is 2.21. The number of fused-ring (bicyclic) bond motifs is 2. The molecule has 5 heteroatoms. The van der Waals surface area contributed by atoms with E-state index in [1.165, 1.54) is 31.4 Å². The van der Waals surface area contributed by atoms with Gasteiger partial charge in [-0.1, -0.05) is 49.2 Å². The third kappa shape index (κ3) is 4.28. The molecule has 3 aromatic rings. The van der Waals surface area contributed by atoms with Crippen LogP contribution in [0.15, 0.2) is 81.5 Å². The minimum atomic E-state index is -0.275. The molecule has 0 atom stereocenters. The molecule has 156 valence electrons. The minimum Gasteiger partial charge on any atom is -0.349 e. The normalized spacial score (nSPS) is 16.0. The van der Waals surface area contributed by atoms with Gasteiger partial charge < -0.3 is 5.32 Å². The van der Waals surface area contributed by atoms with Crippen LogP contribution in [0.5, 0.6) is 0 Å². The first-order valence-corrected chi connectivity index (χ1v) is 11.6. The van der Waals surface area contributed by atoms with Crippen LogP contribution in [0.1, 0.15) is 53.6 Å². The van der Waals surface area contributed by atoms with Gasteiger partial charge in [-0.15, -0.1) is 0 Å². The molecular formula is C26H23FN2OS. The summed E-state index contributed by atoms with van der Waals surface area (Å²) in [5.74, 6) is -0.317. The summed E-state index contributed by atoms with van der Waals surface area (Å²) in [6.07, 6.45) is 5.71. The number of benzene rings is 3. The van der Waals surface area contributed by atoms with Crippen LogP contribution in [0, 0.1) is 5.82 Å². The summed E-state index contributed by atoms with van der Waals surface area (Å²) in [5, 5.41) is 3.19. The largest absolute Gasteiger partial charge is 0.349 e. The Hall–Kier alpha value is -2.92. The molecule has 31 heavy (non-hydrogen) atoms. The predicted molar refractivity (Wildman–Crippen MR) is 123 cm³/mol. The predicted octanol–water partition coefficient (Wildman–Crippen LogP) is 6.52. The highest BCUT2D eigenvalue weighted by Crippen LogP contribution is 2.41. The first kappa shape index (κ1) is 20.0. The minimum absolute atomic E-state index is 0.0417. The molecular weight excluding hydrogens is 407 g/mol. The Kier molecular flexibility index (Phi) is 5.60. The zero-order chi connectivity index (χ0) is 21.2. The van der Waals surface area contributed by atoms with Crippen molar-refractivity contribution in [3.8, 4) is 0 Å². The van der Waals surface area contributed by atoms with Crippen molar-refractivity contribution in [2.45, 2.75) is 47.9 Å². The number of carbonyl (C=O) groups excluding carboxylic acids is 1. The lowest BCUT2D eigenvalue weighted by atomic mass is 9.95. The maximum Gasteiger partial charge on any atom is 0.251 e. The topological polar surface area (TPSA) is 41.5 Å². The summed E-state index contributed by atoms with van der Waals surface area (Å²) in [5.41, 5.74) is 4.02. The van der Waals surface area contributed by atoms with Gasteiger partial charge in [-0.3, -0.25) is 4.79 Å². The summed E-state index contributed by atoms with van der Waals surface area (Å²) in [6.45, 7) is 0. The van der Waals surface area contributed by atoms with Crippen molar-refractivity contribution in [1.29, 1.82) is 0 Å². The highest BCUT2D eigenvalue weighted by molar-refractivity contribution is 7.99. The van der Waals surface area contributed by atoms with Crippen LogP contribution in [0.3, 0.4) is 0 Å². The van der Waals surface area contributed by atoms with Crippen LogP contribution < -0.4 is 5.32 Å². The molecule has 0 aromatic heterocycles. The van der Waals surface area contributed by atoms with E-state index >= 15 is 0 Å². The smallest absolute Gasteiger partial charge is 0.251 e. The lowest BCUT2D eigenvalue weighted by Crippen LogP contribution is -2.36. The lowest BCUT2D eigenvalue weighted by Gasteiger charge is -2.22. The van der Waals surface area contributed by atoms with Crippen molar-refractivity contribution in [2.24, 2.45) is 4.99 Å². The fourth-order valence-corrected chi connectivity index (χ4v) is 5.23. The van der Waals surface area contributed by atoms with Crippen LogP contribution in [0.25, 0.3) is 0 Å². The molecule has 1 fully saturated rings. The summed E-state index contributed by atoms with van der Waals surface area (Å²) < 4.78 is 13.5. The van der Waals surface area contributed by atoms with Crippen LogP contribution in [-0.2, 0) is 0 Å². The Bertz CT molecular complexity index is 1150. The number of hydrogen-bond acceptors (Lipinski definition) is 3. The van der Waals surface area contributed by atoms with Gasteiger partial charge in [-0.25, -0.2) is 9.38 Å². The maximum atomic E-state index is 13.5. The third-order valence-electron chi connectivity index (χ3n) is 5.87. The van der Waals surface area contributed by atoms with Gasteiger partial charge in [0.15, 0.2) is 0 Å². The number of nitrogens with zero attached hydrogens (tertiary/aromatic N) is 1. The molecule has 0 radical (unpaired) electrons. The molecule has 3 nitrogen and oxygen atoms in total. The second-order valence-electron chi connectivity index (χ2n) is 8.06. The Balaban J connectivity index is 1.54. The SMILES string of the molecule is O=C(NC1CCCCC1)c1ccc2c(c1)N=C(c1ccc(F)cc1)c1ccccc1S2. The Morgan fingerprint density at radius 1 is 0.935 bits per heavy atom. The van der Waals surface area contributed by atoms with Gasteiger partial charge in [-0.05, 0) is 61.4 Å². The fourth-order valence-electron chi connectivity index (χ4n) is 4.23.